The number of benzene rings is 3. The second-order valence-corrected chi connectivity index (χ2v) is 27.2. The predicted molar refractivity (Wildman–Crippen MR) is 335 cm³/mol. The quantitative estimate of drug-likeness (QED) is 0.0738. The fourth-order valence-corrected chi connectivity index (χ4v) is 14.1. The second-order valence-electron chi connectivity index (χ2n) is 26.3. The normalized spacial score (nSPS) is 21.9. The Morgan fingerprint density at radius 2 is 1.39 bits per heavy atom. The van der Waals surface area contributed by atoms with Crippen LogP contribution < -0.4 is 25.8 Å². The fourth-order valence-electron chi connectivity index (χ4n) is 13.3. The number of rotatable bonds is 15. The molecule has 90 heavy (non-hydrogen) atoms. The van der Waals surface area contributed by atoms with E-state index in [0.29, 0.717) is 64.9 Å². The maximum absolute atomic E-state index is 16.3. The number of likely N-dealkylation sites (N-methyl/N-ethyl adjacent to an activating group) is 1. The molecule has 2 aromatic heterocycles. The SMILES string of the molecule is Cc1ncsc1-c1ccc([C@H](C)NC(=O)[C@@H]2C[C@@H](O)CN2C(=O)[C@@H](NC(=O)CN2CCC3(CC2)CCN(CC(=O)N2CCN(c4ncc(-c5cc(NC(=O)c6ccc(F)cc6C(F)(F)F)c(N6C[C@@H](C)N(C)[C@@H](C)C6)cc5F)cn4)CC2)CC3)C(C)(C)C)cc1. The highest BCUT2D eigenvalue weighted by Gasteiger charge is 2.46. The van der Waals surface area contributed by atoms with Gasteiger partial charge in [-0.1, -0.05) is 45.0 Å². The van der Waals surface area contributed by atoms with Gasteiger partial charge in [-0.3, -0.25) is 38.7 Å². The Labute approximate surface area is 526 Å². The number of piperidine rings is 2. The number of aromatic nitrogens is 3. The molecule has 0 radical (unpaired) electrons. The Bertz CT molecular complexity index is 3400. The number of amides is 5. The summed E-state index contributed by atoms with van der Waals surface area (Å²) in [6, 6.07) is 10.2. The number of halogens is 5. The molecular weight excluding hydrogens is 1190 g/mol. The number of anilines is 3. The number of piperazine rings is 2. The van der Waals surface area contributed by atoms with Crippen LogP contribution in [0.5, 0.6) is 0 Å². The Morgan fingerprint density at radius 3 is 1.98 bits per heavy atom. The third kappa shape index (κ3) is 14.9. The molecule has 484 valence electrons. The van der Waals surface area contributed by atoms with E-state index in [2.05, 4.69) is 45.6 Å². The van der Waals surface area contributed by atoms with E-state index in [1.165, 1.54) is 29.4 Å². The average Bonchev–Trinajstić information content (AvgIpc) is 0.967. The zero-order chi connectivity index (χ0) is 64.6. The number of carbonyl (C=O) groups excluding carboxylic acids is 5. The van der Waals surface area contributed by atoms with Crippen LogP contribution in [0.1, 0.15) is 107 Å². The van der Waals surface area contributed by atoms with Gasteiger partial charge in [-0.05, 0) is 139 Å². The van der Waals surface area contributed by atoms with Gasteiger partial charge in [-0.25, -0.2) is 23.7 Å². The highest BCUT2D eigenvalue weighted by molar-refractivity contribution is 7.13. The topological polar surface area (TPSA) is 203 Å². The van der Waals surface area contributed by atoms with Gasteiger partial charge in [0, 0.05) is 87.8 Å². The van der Waals surface area contributed by atoms with Crippen molar-refractivity contribution in [2.75, 3.05) is 107 Å². The molecule has 5 aliphatic heterocycles. The number of hydrogen-bond acceptors (Lipinski definition) is 15. The van der Waals surface area contributed by atoms with Gasteiger partial charge in [0.05, 0.1) is 63.8 Å². The van der Waals surface area contributed by atoms with Gasteiger partial charge in [-0.15, -0.1) is 11.3 Å². The van der Waals surface area contributed by atoms with Crippen molar-refractivity contribution in [1.82, 2.24) is 50.1 Å². The third-order valence-electron chi connectivity index (χ3n) is 19.0. The number of likely N-dealkylation sites (tertiary alicyclic amines) is 3. The molecule has 3 aromatic carbocycles. The summed E-state index contributed by atoms with van der Waals surface area (Å²) in [6.45, 7) is 19.5. The van der Waals surface area contributed by atoms with E-state index >= 15 is 4.39 Å². The summed E-state index contributed by atoms with van der Waals surface area (Å²) >= 11 is 1.57. The molecule has 25 heteroatoms. The number of alkyl halides is 3. The average molecular weight is 1270 g/mol. The Morgan fingerprint density at radius 1 is 0.767 bits per heavy atom. The Kier molecular flexibility index (Phi) is 19.7. The number of aliphatic hydroxyl groups excluding tert-OH is 1. The molecule has 0 saturated carbocycles. The standard InChI is InChI=1S/C65H82F5N13O6S/c1-39-33-82(34-40(2)77(39)8)53-30-51(67)49(29-52(53)75-59(87)48-14-13-46(66)27-50(48)65(68,69)70)45-31-71-62(72-32-45)81-25-23-80(24-26-81)56(86)37-79-21-17-64(18-22-79)15-19-78(20-16-64)36-55(85)76-58(63(5,6)7)61(89)83-35-47(84)28-54(83)60(88)74-41(3)43-9-11-44(12-10-43)57-42(4)73-38-90-57/h9-14,27,29-32,38-41,47,54,58,84H,15-26,28,33-37H2,1-8H3,(H,74,88)(H,75,87)(H,76,85)/t39-,40+,41-,47+,54-,58+/m0/s1. The number of hydrogen-bond donors (Lipinski definition) is 4. The maximum atomic E-state index is 16.3. The lowest BCUT2D eigenvalue weighted by atomic mass is 9.71. The number of aryl methyl sites for hydroxylation is 1. The first-order valence-electron chi connectivity index (χ1n) is 31.0. The lowest BCUT2D eigenvalue weighted by Crippen LogP contribution is -2.59. The monoisotopic (exact) mass is 1270 g/mol. The van der Waals surface area contributed by atoms with Crippen LogP contribution in [-0.4, -0.2) is 196 Å². The lowest BCUT2D eigenvalue weighted by Gasteiger charge is -2.47. The number of nitrogens with zero attached hydrogens (tertiary/aromatic N) is 10. The van der Waals surface area contributed by atoms with Crippen LogP contribution in [-0.2, 0) is 25.4 Å². The first kappa shape index (κ1) is 65.8. The zero-order valence-corrected chi connectivity index (χ0v) is 53.2. The number of β-amino-alcohol motifs (C(OH)–C–C–N with tert-alkyl or cyclic N) is 1. The third-order valence-corrected chi connectivity index (χ3v) is 20.0. The van der Waals surface area contributed by atoms with E-state index in [1.807, 2.05) is 100.0 Å². The van der Waals surface area contributed by atoms with E-state index in [-0.39, 0.29) is 89.3 Å². The lowest BCUT2D eigenvalue weighted by molar-refractivity contribution is -0.144. The van der Waals surface area contributed by atoms with Crippen molar-refractivity contribution in [3.05, 3.63) is 107 Å². The highest BCUT2D eigenvalue weighted by Crippen LogP contribution is 2.42. The van der Waals surface area contributed by atoms with Crippen molar-refractivity contribution >= 4 is 58.2 Å². The Hall–Kier alpha value is -7.19. The summed E-state index contributed by atoms with van der Waals surface area (Å²) in [5.41, 5.74) is 2.45. The van der Waals surface area contributed by atoms with Crippen LogP contribution in [0.4, 0.5) is 39.3 Å². The Balaban J connectivity index is 0.680. The van der Waals surface area contributed by atoms with Crippen molar-refractivity contribution < 1.29 is 51.0 Å². The first-order chi connectivity index (χ1) is 42.6. The van der Waals surface area contributed by atoms with Crippen molar-refractivity contribution in [2.24, 2.45) is 10.8 Å². The van der Waals surface area contributed by atoms with Gasteiger partial charge >= 0.3 is 6.18 Å². The van der Waals surface area contributed by atoms with E-state index in [1.54, 1.807) is 11.3 Å². The van der Waals surface area contributed by atoms with Gasteiger partial charge in [0.25, 0.3) is 5.91 Å². The summed E-state index contributed by atoms with van der Waals surface area (Å²) in [5, 5.41) is 19.4. The molecule has 5 fully saturated rings. The van der Waals surface area contributed by atoms with Crippen LogP contribution in [0.3, 0.4) is 0 Å². The molecule has 19 nitrogen and oxygen atoms in total. The van der Waals surface area contributed by atoms with E-state index in [4.69, 9.17) is 0 Å². The van der Waals surface area contributed by atoms with Crippen LogP contribution in [0, 0.1) is 29.4 Å². The molecule has 5 saturated heterocycles. The minimum Gasteiger partial charge on any atom is -0.391 e. The molecule has 5 aromatic rings. The van der Waals surface area contributed by atoms with Crippen LogP contribution >= 0.6 is 11.3 Å². The van der Waals surface area contributed by atoms with Crippen LogP contribution in [0.25, 0.3) is 21.6 Å². The molecule has 0 aliphatic carbocycles. The molecule has 0 unspecified atom stereocenters. The molecule has 1 spiro atoms. The molecular formula is C65H82F5N13O6S. The summed E-state index contributed by atoms with van der Waals surface area (Å²) in [6.07, 6.45) is 0.706. The molecule has 4 N–H and O–H groups in total. The van der Waals surface area contributed by atoms with Gasteiger partial charge in [0.15, 0.2) is 0 Å². The fraction of sp³-hybridized carbons (Fsp3) is 0.538. The van der Waals surface area contributed by atoms with E-state index < -0.39 is 64.4 Å². The highest BCUT2D eigenvalue weighted by atomic mass is 32.1. The first-order valence-corrected chi connectivity index (χ1v) is 31.9. The minimum absolute atomic E-state index is 0.00371. The van der Waals surface area contributed by atoms with Crippen molar-refractivity contribution in [2.45, 2.75) is 123 Å². The summed E-state index contributed by atoms with van der Waals surface area (Å²) in [5.74, 6) is -3.62. The van der Waals surface area contributed by atoms with Crippen LogP contribution in [0.15, 0.2) is 72.5 Å². The molecule has 10 rings (SSSR count). The molecule has 5 aliphatic rings. The maximum Gasteiger partial charge on any atom is 0.417 e. The minimum atomic E-state index is -5.02. The molecule has 7 heterocycles. The molecule has 6 atom stereocenters. The van der Waals surface area contributed by atoms with E-state index in [0.717, 1.165) is 72.6 Å². The summed E-state index contributed by atoms with van der Waals surface area (Å²) in [7, 11) is 1.97. The molecule has 5 amide bonds. The zero-order valence-electron chi connectivity index (χ0n) is 52.4. The van der Waals surface area contributed by atoms with Gasteiger partial charge in [-0.2, -0.15) is 13.2 Å². The summed E-state index contributed by atoms with van der Waals surface area (Å²) < 4.78 is 72.4. The largest absolute Gasteiger partial charge is 0.417 e. The predicted octanol–water partition coefficient (Wildman–Crippen LogP) is 7.85. The molecule has 0 bridgehead atoms. The van der Waals surface area contributed by atoms with Crippen molar-refractivity contribution in [3.63, 3.8) is 0 Å². The second kappa shape index (κ2) is 26.9. The van der Waals surface area contributed by atoms with Gasteiger partial charge in [0.1, 0.15) is 23.7 Å². The van der Waals surface area contributed by atoms with Crippen molar-refractivity contribution in [1.29, 1.82) is 0 Å². The van der Waals surface area contributed by atoms with Gasteiger partial charge < -0.3 is 40.7 Å². The van der Waals surface area contributed by atoms with Crippen LogP contribution in [0.2, 0.25) is 0 Å². The summed E-state index contributed by atoms with van der Waals surface area (Å²) in [4.78, 5) is 97.5. The van der Waals surface area contributed by atoms with Gasteiger partial charge in [0.2, 0.25) is 29.6 Å². The number of nitrogens with one attached hydrogen (secondary N) is 3. The van der Waals surface area contributed by atoms with Crippen molar-refractivity contribution in [3.8, 4) is 21.6 Å². The number of thiazole rings is 1. The number of carbonyl (C=O) groups is 5. The van der Waals surface area contributed by atoms with E-state index in [9.17, 15) is 46.6 Å². The smallest absolute Gasteiger partial charge is 0.391 e. The number of aliphatic hydroxyl groups is 1.